The number of rotatable bonds is 1. The van der Waals surface area contributed by atoms with Crippen molar-refractivity contribution in [3.05, 3.63) is 29.8 Å². The first kappa shape index (κ1) is 8.86. The Morgan fingerprint density at radius 3 is 2.38 bits per heavy atom. The van der Waals surface area contributed by atoms with Gasteiger partial charge < -0.3 is 0 Å². The van der Waals surface area contributed by atoms with Crippen LogP contribution in [0.3, 0.4) is 0 Å². The van der Waals surface area contributed by atoms with E-state index in [1.165, 1.54) is 37.6 Å². The van der Waals surface area contributed by atoms with Gasteiger partial charge in [0.2, 0.25) is 0 Å². The van der Waals surface area contributed by atoms with E-state index in [9.17, 15) is 0 Å². The Morgan fingerprint density at radius 2 is 1.69 bits per heavy atom. The lowest BCUT2D eigenvalue weighted by molar-refractivity contribution is 0.445. The molecule has 0 radical (unpaired) electrons. The van der Waals surface area contributed by atoms with Crippen LogP contribution in [0.1, 0.15) is 43.6 Å². The Kier molecular flexibility index (Phi) is 2.72. The van der Waals surface area contributed by atoms with E-state index in [0.29, 0.717) is 0 Å². The average molecular weight is 172 g/mol. The third-order valence-electron chi connectivity index (χ3n) is 3.23. The standard InChI is InChI=1S/C12H17B/c13-12-9-5-4-8-11(12)10-6-2-1-3-7-10/h4-5,8-10H,1-3,6-7,13H2. The van der Waals surface area contributed by atoms with Crippen molar-refractivity contribution in [1.82, 2.24) is 0 Å². The second-order valence-electron chi connectivity index (χ2n) is 4.19. The van der Waals surface area contributed by atoms with Gasteiger partial charge >= 0.3 is 0 Å². The predicted octanol–water partition coefficient (Wildman–Crippen LogP) is 1.99. The normalized spacial score (nSPS) is 18.8. The average Bonchev–Trinajstić information content (AvgIpc) is 2.20. The van der Waals surface area contributed by atoms with E-state index >= 15 is 0 Å². The van der Waals surface area contributed by atoms with E-state index in [-0.39, 0.29) is 0 Å². The highest BCUT2D eigenvalue weighted by Gasteiger charge is 2.15. The second kappa shape index (κ2) is 4.00. The van der Waals surface area contributed by atoms with Crippen molar-refractivity contribution in [2.24, 2.45) is 0 Å². The highest BCUT2D eigenvalue weighted by Crippen LogP contribution is 2.31. The van der Waals surface area contributed by atoms with Crippen LogP contribution in [0, 0.1) is 0 Å². The summed E-state index contributed by atoms with van der Waals surface area (Å²) >= 11 is 0. The summed E-state index contributed by atoms with van der Waals surface area (Å²) in [5, 5.41) is 0. The maximum atomic E-state index is 2.31. The third kappa shape index (κ3) is 1.96. The van der Waals surface area contributed by atoms with Crippen LogP contribution >= 0.6 is 0 Å². The van der Waals surface area contributed by atoms with Crippen LogP contribution in [-0.2, 0) is 0 Å². The Labute approximate surface area is 81.8 Å². The minimum Gasteiger partial charge on any atom is -0.0855 e. The van der Waals surface area contributed by atoms with E-state index in [1.54, 1.807) is 5.56 Å². The molecule has 0 bridgehead atoms. The van der Waals surface area contributed by atoms with Gasteiger partial charge in [0.1, 0.15) is 7.85 Å². The van der Waals surface area contributed by atoms with Crippen molar-refractivity contribution >= 4 is 13.3 Å². The molecule has 0 aromatic heterocycles. The minimum atomic E-state index is 0.856. The maximum absolute atomic E-state index is 2.31. The van der Waals surface area contributed by atoms with Crippen molar-refractivity contribution in [3.63, 3.8) is 0 Å². The molecule has 0 heterocycles. The first-order chi connectivity index (χ1) is 6.38. The van der Waals surface area contributed by atoms with Gasteiger partial charge in [0.25, 0.3) is 0 Å². The largest absolute Gasteiger partial charge is 0.139 e. The molecule has 0 unspecified atom stereocenters. The fourth-order valence-electron chi connectivity index (χ4n) is 2.46. The Bertz CT molecular complexity index is 274. The molecule has 0 amide bonds. The zero-order valence-corrected chi connectivity index (χ0v) is 8.42. The third-order valence-corrected chi connectivity index (χ3v) is 3.23. The molecule has 0 atom stereocenters. The highest BCUT2D eigenvalue weighted by atomic mass is 14.2. The van der Waals surface area contributed by atoms with Gasteiger partial charge in [-0.05, 0) is 18.8 Å². The Morgan fingerprint density at radius 1 is 1.00 bits per heavy atom. The summed E-state index contributed by atoms with van der Waals surface area (Å²) in [6.45, 7) is 0. The van der Waals surface area contributed by atoms with Crippen LogP contribution in [0.2, 0.25) is 0 Å². The second-order valence-corrected chi connectivity index (χ2v) is 4.19. The maximum Gasteiger partial charge on any atom is 0.139 e. The molecule has 1 aliphatic rings. The van der Waals surface area contributed by atoms with E-state index < -0.39 is 0 Å². The van der Waals surface area contributed by atoms with Crippen LogP contribution in [0.5, 0.6) is 0 Å². The summed E-state index contributed by atoms with van der Waals surface area (Å²) in [4.78, 5) is 0. The summed E-state index contributed by atoms with van der Waals surface area (Å²) in [5.74, 6) is 0.856. The molecule has 2 rings (SSSR count). The quantitative estimate of drug-likeness (QED) is 0.568. The molecule has 1 fully saturated rings. The number of benzene rings is 1. The minimum absolute atomic E-state index is 0.856. The lowest BCUT2D eigenvalue weighted by Gasteiger charge is -2.23. The van der Waals surface area contributed by atoms with Gasteiger partial charge in [-0.1, -0.05) is 54.6 Å². The highest BCUT2D eigenvalue weighted by molar-refractivity contribution is 6.33. The number of hydrogen-bond acceptors (Lipinski definition) is 0. The summed E-state index contributed by atoms with van der Waals surface area (Å²) < 4.78 is 0. The van der Waals surface area contributed by atoms with Crippen LogP contribution in [0.4, 0.5) is 0 Å². The van der Waals surface area contributed by atoms with Crippen LogP contribution in [-0.4, -0.2) is 7.85 Å². The lowest BCUT2D eigenvalue weighted by Crippen LogP contribution is -2.16. The van der Waals surface area contributed by atoms with Crippen LogP contribution in [0.15, 0.2) is 24.3 Å². The molecule has 0 saturated heterocycles. The molecule has 1 aliphatic carbocycles. The Balaban J connectivity index is 2.18. The molecule has 68 valence electrons. The fourth-order valence-corrected chi connectivity index (χ4v) is 2.46. The van der Waals surface area contributed by atoms with E-state index in [1.807, 2.05) is 0 Å². The van der Waals surface area contributed by atoms with Crippen molar-refractivity contribution in [3.8, 4) is 0 Å². The molecular formula is C12H17B. The first-order valence-corrected chi connectivity index (χ1v) is 5.43. The zero-order valence-electron chi connectivity index (χ0n) is 8.42. The molecule has 1 aromatic rings. The molecule has 13 heavy (non-hydrogen) atoms. The molecule has 1 saturated carbocycles. The first-order valence-electron chi connectivity index (χ1n) is 5.43. The molecule has 0 spiro atoms. The zero-order chi connectivity index (χ0) is 9.10. The molecular weight excluding hydrogens is 155 g/mol. The topological polar surface area (TPSA) is 0 Å². The van der Waals surface area contributed by atoms with E-state index in [2.05, 4.69) is 32.1 Å². The fraction of sp³-hybridized carbons (Fsp3) is 0.500. The van der Waals surface area contributed by atoms with Crippen molar-refractivity contribution in [1.29, 1.82) is 0 Å². The summed E-state index contributed by atoms with van der Waals surface area (Å²) in [5.41, 5.74) is 3.08. The van der Waals surface area contributed by atoms with Crippen molar-refractivity contribution in [2.45, 2.75) is 38.0 Å². The van der Waals surface area contributed by atoms with Gasteiger partial charge in [-0.2, -0.15) is 0 Å². The molecule has 0 nitrogen and oxygen atoms in total. The molecule has 0 N–H and O–H groups in total. The Hall–Kier alpha value is -0.715. The van der Waals surface area contributed by atoms with Gasteiger partial charge in [0.15, 0.2) is 0 Å². The molecule has 0 aliphatic heterocycles. The van der Waals surface area contributed by atoms with E-state index in [0.717, 1.165) is 5.92 Å². The number of hydrogen-bond donors (Lipinski definition) is 0. The summed E-state index contributed by atoms with van der Waals surface area (Å²) in [6.07, 6.45) is 7.12. The van der Waals surface area contributed by atoms with Crippen molar-refractivity contribution < 1.29 is 0 Å². The summed E-state index contributed by atoms with van der Waals surface area (Å²) in [7, 11) is 2.24. The van der Waals surface area contributed by atoms with Gasteiger partial charge in [-0.25, -0.2) is 0 Å². The van der Waals surface area contributed by atoms with Gasteiger partial charge in [0.05, 0.1) is 0 Å². The monoisotopic (exact) mass is 172 g/mol. The lowest BCUT2D eigenvalue weighted by atomic mass is 9.78. The van der Waals surface area contributed by atoms with Gasteiger partial charge in [0, 0.05) is 0 Å². The van der Waals surface area contributed by atoms with Gasteiger partial charge in [-0.15, -0.1) is 0 Å². The summed E-state index contributed by atoms with van der Waals surface area (Å²) in [6, 6.07) is 8.87. The van der Waals surface area contributed by atoms with E-state index in [4.69, 9.17) is 0 Å². The SMILES string of the molecule is Bc1ccccc1C1CCCCC1. The molecule has 1 heteroatoms. The van der Waals surface area contributed by atoms with Gasteiger partial charge in [-0.3, -0.25) is 0 Å². The smallest absolute Gasteiger partial charge is 0.0855 e. The van der Waals surface area contributed by atoms with Crippen molar-refractivity contribution in [2.75, 3.05) is 0 Å². The molecule has 1 aromatic carbocycles. The van der Waals surface area contributed by atoms with Crippen LogP contribution < -0.4 is 5.46 Å². The van der Waals surface area contributed by atoms with Crippen LogP contribution in [0.25, 0.3) is 0 Å². The predicted molar refractivity (Wildman–Crippen MR) is 60.4 cm³/mol.